The summed E-state index contributed by atoms with van der Waals surface area (Å²) in [7, 11) is 0. The molecule has 2 rings (SSSR count). The molecule has 0 aliphatic heterocycles. The molecule has 1 aromatic carbocycles. The molecule has 0 aliphatic carbocycles. The van der Waals surface area contributed by atoms with E-state index in [4.69, 9.17) is 5.11 Å². The number of nitrogens with zero attached hydrogens (tertiary/aromatic N) is 2. The monoisotopic (exact) mass is 375 g/mol. The van der Waals surface area contributed by atoms with Gasteiger partial charge in [-0.25, -0.2) is 9.53 Å². The summed E-state index contributed by atoms with van der Waals surface area (Å²) >= 11 is 3.93. The van der Waals surface area contributed by atoms with E-state index in [0.717, 1.165) is 4.74 Å². The van der Waals surface area contributed by atoms with E-state index in [9.17, 15) is 14.8 Å². The molecule has 0 aliphatic rings. The van der Waals surface area contributed by atoms with Gasteiger partial charge in [0.15, 0.2) is 11.8 Å². The van der Waals surface area contributed by atoms with Crippen LogP contribution in [-0.2, 0) is 4.79 Å². The maximum atomic E-state index is 12.3. The van der Waals surface area contributed by atoms with Gasteiger partial charge in [0.05, 0.1) is 11.1 Å². The summed E-state index contributed by atoms with van der Waals surface area (Å²) in [5.74, 6) is -1.67. The molecular formula is C18H21N3O4S. The van der Waals surface area contributed by atoms with Gasteiger partial charge in [-0.1, -0.05) is 0 Å². The maximum Gasteiger partial charge on any atom is 0.327 e. The maximum absolute atomic E-state index is 12.3. The highest BCUT2D eigenvalue weighted by molar-refractivity contribution is 7.80. The normalized spacial score (nSPS) is 13.5. The van der Waals surface area contributed by atoms with E-state index in [-0.39, 0.29) is 5.75 Å². The fraction of sp³-hybridized carbons (Fsp3) is 0.333. The molecule has 7 nitrogen and oxygen atoms in total. The number of hydrogen-bond acceptors (Lipinski definition) is 5. The van der Waals surface area contributed by atoms with E-state index >= 15 is 0 Å². The average molecular weight is 375 g/mol. The van der Waals surface area contributed by atoms with E-state index in [1.807, 2.05) is 0 Å². The molecule has 1 aromatic heterocycles. The molecule has 0 saturated carbocycles. The van der Waals surface area contributed by atoms with Gasteiger partial charge in [-0.2, -0.15) is 12.6 Å². The quantitative estimate of drug-likeness (QED) is 0.244. The van der Waals surface area contributed by atoms with E-state index in [1.165, 1.54) is 6.21 Å². The number of aliphatic carboxylic acids is 1. The number of aromatic nitrogens is 1. The molecule has 0 fully saturated rings. The SMILES string of the molecule is CC(C)(C)/[N+]([O-])=C/c1cnc2ccc(C(=O)NC(CS)C(=O)O)cc2c1. The number of hydroxylamine groups is 1. The van der Waals surface area contributed by atoms with Crippen LogP contribution in [0.1, 0.15) is 36.7 Å². The minimum atomic E-state index is -1.15. The first-order chi connectivity index (χ1) is 12.1. The lowest BCUT2D eigenvalue weighted by molar-refractivity contribution is -0.530. The van der Waals surface area contributed by atoms with Crippen LogP contribution in [0, 0.1) is 5.21 Å². The van der Waals surface area contributed by atoms with Gasteiger partial charge in [-0.3, -0.25) is 9.78 Å². The van der Waals surface area contributed by atoms with Gasteiger partial charge in [0.1, 0.15) is 6.04 Å². The Balaban J connectivity index is 2.34. The molecule has 26 heavy (non-hydrogen) atoms. The zero-order valence-corrected chi connectivity index (χ0v) is 15.7. The Morgan fingerprint density at radius 1 is 1.38 bits per heavy atom. The van der Waals surface area contributed by atoms with Crippen LogP contribution in [0.3, 0.4) is 0 Å². The highest BCUT2D eigenvalue weighted by atomic mass is 32.1. The Kier molecular flexibility index (Phi) is 5.86. The second-order valence-corrected chi connectivity index (χ2v) is 7.21. The standard InChI is InChI=1S/C18H21N3O4S/c1-18(2,3)21(25)9-11-6-13-7-12(4-5-14(13)19-8-11)16(22)20-15(10-26)17(23)24/h4-9,15,26H,10H2,1-3H3,(H,20,22)(H,23,24)/b21-9-. The molecule has 2 N–H and O–H groups in total. The second kappa shape index (κ2) is 7.74. The Hall–Kier alpha value is -2.61. The molecule has 1 unspecified atom stereocenters. The summed E-state index contributed by atoms with van der Waals surface area (Å²) in [6, 6.07) is 5.53. The number of thiol groups is 1. The van der Waals surface area contributed by atoms with Crippen molar-refractivity contribution in [1.82, 2.24) is 10.3 Å². The van der Waals surface area contributed by atoms with E-state index in [2.05, 4.69) is 22.9 Å². The first-order valence-corrected chi connectivity index (χ1v) is 8.61. The lowest BCUT2D eigenvalue weighted by Gasteiger charge is -2.18. The molecule has 138 valence electrons. The van der Waals surface area contributed by atoms with Crippen molar-refractivity contribution in [2.45, 2.75) is 32.4 Å². The number of amides is 1. The molecule has 2 aromatic rings. The lowest BCUT2D eigenvalue weighted by atomic mass is 10.1. The van der Waals surface area contributed by atoms with Gasteiger partial charge in [0.2, 0.25) is 0 Å². The van der Waals surface area contributed by atoms with Crippen LogP contribution in [0.25, 0.3) is 10.9 Å². The van der Waals surface area contributed by atoms with Gasteiger partial charge in [0.25, 0.3) is 5.91 Å². The zero-order chi connectivity index (χ0) is 19.5. The third-order valence-electron chi connectivity index (χ3n) is 3.68. The number of fused-ring (bicyclic) bond motifs is 1. The molecule has 0 saturated heterocycles. The van der Waals surface area contributed by atoms with Crippen molar-refractivity contribution in [1.29, 1.82) is 0 Å². The number of carboxylic acid groups (broad SMARTS) is 1. The first kappa shape index (κ1) is 19.7. The third-order valence-corrected chi connectivity index (χ3v) is 4.04. The smallest absolute Gasteiger partial charge is 0.327 e. The fourth-order valence-electron chi connectivity index (χ4n) is 2.12. The minimum absolute atomic E-state index is 0.0124. The van der Waals surface area contributed by atoms with Crippen LogP contribution in [0.15, 0.2) is 30.5 Å². The van der Waals surface area contributed by atoms with Gasteiger partial charge in [0, 0.05) is 43.7 Å². The zero-order valence-electron chi connectivity index (χ0n) is 14.8. The topological polar surface area (TPSA) is 105 Å². The number of carboxylic acids is 1. The van der Waals surface area contributed by atoms with Crippen LogP contribution in [0.2, 0.25) is 0 Å². The fourth-order valence-corrected chi connectivity index (χ4v) is 2.36. The van der Waals surface area contributed by atoms with Crippen molar-refractivity contribution in [2.24, 2.45) is 0 Å². The Morgan fingerprint density at radius 2 is 2.08 bits per heavy atom. The summed E-state index contributed by atoms with van der Waals surface area (Å²) < 4.78 is 0.844. The van der Waals surface area contributed by atoms with Crippen molar-refractivity contribution >= 4 is 41.6 Å². The Morgan fingerprint density at radius 3 is 2.65 bits per heavy atom. The molecule has 1 atom stereocenters. The highest BCUT2D eigenvalue weighted by Crippen LogP contribution is 2.16. The number of carbonyl (C=O) groups excluding carboxylic acids is 1. The van der Waals surface area contributed by atoms with Crippen LogP contribution in [0.5, 0.6) is 0 Å². The largest absolute Gasteiger partial charge is 0.623 e. The number of benzene rings is 1. The van der Waals surface area contributed by atoms with Gasteiger partial charge in [-0.05, 0) is 24.3 Å². The molecule has 0 bridgehead atoms. The van der Waals surface area contributed by atoms with Gasteiger partial charge >= 0.3 is 5.97 Å². The van der Waals surface area contributed by atoms with Crippen molar-refractivity contribution in [3.63, 3.8) is 0 Å². The lowest BCUT2D eigenvalue weighted by Crippen LogP contribution is -2.42. The summed E-state index contributed by atoms with van der Waals surface area (Å²) in [5, 5.41) is 24.2. The predicted octanol–water partition coefficient (Wildman–Crippen LogP) is 2.08. The van der Waals surface area contributed by atoms with E-state index in [1.54, 1.807) is 51.2 Å². The summed E-state index contributed by atoms with van der Waals surface area (Å²) in [6.45, 7) is 5.40. The van der Waals surface area contributed by atoms with Crippen molar-refractivity contribution in [2.75, 3.05) is 5.75 Å². The third kappa shape index (κ3) is 4.72. The van der Waals surface area contributed by atoms with Crippen molar-refractivity contribution < 1.29 is 19.4 Å². The Bertz CT molecular complexity index is 874. The number of nitrogens with one attached hydrogen (secondary N) is 1. The minimum Gasteiger partial charge on any atom is -0.623 e. The number of hydrogen-bond donors (Lipinski definition) is 3. The number of rotatable bonds is 5. The first-order valence-electron chi connectivity index (χ1n) is 7.97. The van der Waals surface area contributed by atoms with E-state index < -0.39 is 23.5 Å². The summed E-state index contributed by atoms with van der Waals surface area (Å²) in [5.41, 5.74) is 1.00. The second-order valence-electron chi connectivity index (χ2n) is 6.85. The van der Waals surface area contributed by atoms with Crippen molar-refractivity contribution in [3.05, 3.63) is 46.8 Å². The summed E-state index contributed by atoms with van der Waals surface area (Å²) in [6.07, 6.45) is 3.03. The molecule has 1 heterocycles. The molecule has 1 amide bonds. The Labute approximate surface area is 156 Å². The van der Waals surface area contributed by atoms with Crippen LogP contribution < -0.4 is 5.32 Å². The highest BCUT2D eigenvalue weighted by Gasteiger charge is 2.20. The van der Waals surface area contributed by atoms with Gasteiger partial charge < -0.3 is 15.6 Å². The molecular weight excluding hydrogens is 354 g/mol. The van der Waals surface area contributed by atoms with Crippen LogP contribution >= 0.6 is 12.6 Å². The average Bonchev–Trinajstić information content (AvgIpc) is 2.57. The predicted molar refractivity (Wildman–Crippen MR) is 103 cm³/mol. The van der Waals surface area contributed by atoms with Gasteiger partial charge in [-0.15, -0.1) is 0 Å². The van der Waals surface area contributed by atoms with Crippen LogP contribution in [0.4, 0.5) is 0 Å². The number of carbonyl (C=O) groups is 2. The molecule has 0 radical (unpaired) electrons. The summed E-state index contributed by atoms with van der Waals surface area (Å²) in [4.78, 5) is 27.6. The number of pyridine rings is 1. The molecule has 0 spiro atoms. The van der Waals surface area contributed by atoms with Crippen LogP contribution in [-0.4, -0.2) is 50.3 Å². The molecule has 8 heteroatoms. The van der Waals surface area contributed by atoms with Crippen molar-refractivity contribution in [3.8, 4) is 0 Å². The van der Waals surface area contributed by atoms with E-state index in [0.29, 0.717) is 22.0 Å².